The fourth-order valence-electron chi connectivity index (χ4n) is 1.07. The van der Waals surface area contributed by atoms with Crippen molar-refractivity contribution in [2.75, 3.05) is 11.5 Å². The predicted molar refractivity (Wildman–Crippen MR) is 64.6 cm³/mol. The lowest BCUT2D eigenvalue weighted by Crippen LogP contribution is -2.54. The van der Waals surface area contributed by atoms with Crippen LogP contribution in [-0.4, -0.2) is 17.0 Å². The second-order valence-corrected chi connectivity index (χ2v) is 3.11. The Morgan fingerprint density at radius 3 is 2.59 bits per heavy atom. The van der Waals surface area contributed by atoms with Crippen LogP contribution in [0.3, 0.4) is 0 Å². The van der Waals surface area contributed by atoms with E-state index in [4.69, 9.17) is 28.9 Å². The number of para-hydroxylation sites is 1. The minimum absolute atomic E-state index is 0.154. The first kappa shape index (κ1) is 12.4. The van der Waals surface area contributed by atoms with Crippen LogP contribution in [0.1, 0.15) is 10.4 Å². The Labute approximate surface area is 97.1 Å². The van der Waals surface area contributed by atoms with E-state index in [1.165, 1.54) is 6.07 Å². The zero-order valence-electron chi connectivity index (χ0n) is 8.92. The molecule has 0 heterocycles. The van der Waals surface area contributed by atoms with E-state index < -0.39 is 5.91 Å². The van der Waals surface area contributed by atoms with Crippen molar-refractivity contribution in [2.45, 2.75) is 0 Å². The fraction of sp³-hybridized carbons (Fsp3) is 0. The van der Waals surface area contributed by atoms with Crippen LogP contribution in [0, 0.1) is 0 Å². The minimum Gasteiger partial charge on any atom is -0.397 e. The highest BCUT2D eigenvalue weighted by Gasteiger charge is 2.14. The summed E-state index contributed by atoms with van der Waals surface area (Å²) < 4.78 is 0. The average Bonchev–Trinajstić information content (AvgIpc) is 2.31. The summed E-state index contributed by atoms with van der Waals surface area (Å²) in [7, 11) is 0. The van der Waals surface area contributed by atoms with Crippen molar-refractivity contribution in [3.8, 4) is 0 Å². The summed E-state index contributed by atoms with van der Waals surface area (Å²) in [5.74, 6) is 9.39. The third-order valence-corrected chi connectivity index (χ3v) is 1.99. The number of anilines is 2. The number of hydrogen-bond donors (Lipinski definition) is 6. The van der Waals surface area contributed by atoms with Gasteiger partial charge in [-0.05, 0) is 12.1 Å². The van der Waals surface area contributed by atoms with Crippen molar-refractivity contribution in [3.05, 3.63) is 23.8 Å². The van der Waals surface area contributed by atoms with E-state index in [2.05, 4.69) is 10.5 Å². The van der Waals surface area contributed by atoms with E-state index in [1.54, 1.807) is 12.1 Å². The maximum absolute atomic E-state index is 11.7. The zero-order valence-corrected chi connectivity index (χ0v) is 8.92. The van der Waals surface area contributed by atoms with Crippen molar-refractivity contribution in [1.29, 1.82) is 0 Å². The smallest absolute Gasteiger partial charge is 0.273 e. The van der Waals surface area contributed by atoms with E-state index in [0.717, 1.165) is 0 Å². The highest BCUT2D eigenvalue weighted by molar-refractivity contribution is 6.02. The Kier molecular flexibility index (Phi) is 3.57. The summed E-state index contributed by atoms with van der Waals surface area (Å²) in [6, 6.07) is 4.65. The molecular weight excluding hydrogens is 224 g/mol. The number of benzene rings is 1. The Morgan fingerprint density at radius 2 is 2.00 bits per heavy atom. The lowest BCUT2D eigenvalue weighted by molar-refractivity contribution is 0.0870. The van der Waals surface area contributed by atoms with Gasteiger partial charge in [0.25, 0.3) is 5.91 Å². The van der Waals surface area contributed by atoms with Gasteiger partial charge in [-0.25, -0.2) is 11.3 Å². The molecule has 1 aromatic rings. The number of amides is 1. The molecule has 0 saturated heterocycles. The monoisotopic (exact) mass is 238 g/mol. The van der Waals surface area contributed by atoms with Crippen LogP contribution >= 0.6 is 0 Å². The summed E-state index contributed by atoms with van der Waals surface area (Å²) in [6.07, 6.45) is 0. The van der Waals surface area contributed by atoms with Gasteiger partial charge < -0.3 is 23.0 Å². The lowest BCUT2D eigenvalue weighted by atomic mass is 10.1. The predicted octanol–water partition coefficient (Wildman–Crippen LogP) is -2.14. The molecule has 9 heteroatoms. The molecule has 0 aliphatic rings. The number of nitrogens with one attached hydrogen (secondary N) is 1. The molecule has 17 heavy (non-hydrogen) atoms. The highest BCUT2D eigenvalue weighted by atomic mass is 16.2. The molecule has 0 spiro atoms. The number of carbonyl (C=O) groups is 1. The standard InChI is InChI=1S/C8H14N8O/c9-5-3-1-2-4(6(5)10)7(17)15-16(13)8(11)14-12/h1-3H,9-10,12-13H2,(H2,11,14)(H,15,17). The number of nitrogens with two attached hydrogens (primary N) is 5. The van der Waals surface area contributed by atoms with Gasteiger partial charge in [0, 0.05) is 0 Å². The van der Waals surface area contributed by atoms with Gasteiger partial charge in [-0.3, -0.25) is 4.79 Å². The zero-order chi connectivity index (χ0) is 13.0. The Bertz CT molecular complexity index is 457. The molecule has 0 aliphatic heterocycles. The summed E-state index contributed by atoms with van der Waals surface area (Å²) in [4.78, 5) is 11.7. The largest absolute Gasteiger partial charge is 0.397 e. The Hall–Kier alpha value is -2.68. The van der Waals surface area contributed by atoms with Crippen LogP contribution < -0.4 is 34.3 Å². The summed E-state index contributed by atoms with van der Waals surface area (Å²) in [6.45, 7) is 0. The molecule has 11 N–H and O–H groups in total. The maximum atomic E-state index is 11.7. The summed E-state index contributed by atoms with van der Waals surface area (Å²) >= 11 is 0. The van der Waals surface area contributed by atoms with Crippen molar-refractivity contribution >= 4 is 23.2 Å². The summed E-state index contributed by atoms with van der Waals surface area (Å²) in [5.41, 5.74) is 19.3. The number of nitrogen functional groups attached to an aromatic ring is 2. The first-order chi connectivity index (χ1) is 7.97. The number of hydrazone groups is 1. The second kappa shape index (κ2) is 4.90. The van der Waals surface area contributed by atoms with Crippen LogP contribution in [-0.2, 0) is 0 Å². The van der Waals surface area contributed by atoms with Gasteiger partial charge in [-0.2, -0.15) is 5.12 Å². The number of carbonyl (C=O) groups excluding carboxylic acids is 1. The van der Waals surface area contributed by atoms with Crippen LogP contribution in [0.5, 0.6) is 0 Å². The van der Waals surface area contributed by atoms with Gasteiger partial charge in [0.05, 0.1) is 16.9 Å². The molecule has 92 valence electrons. The van der Waals surface area contributed by atoms with E-state index in [1.807, 2.05) is 0 Å². The van der Waals surface area contributed by atoms with Crippen LogP contribution in [0.25, 0.3) is 0 Å². The highest BCUT2D eigenvalue weighted by Crippen LogP contribution is 2.18. The van der Waals surface area contributed by atoms with E-state index in [0.29, 0.717) is 10.8 Å². The molecule has 1 amide bonds. The lowest BCUT2D eigenvalue weighted by Gasteiger charge is -2.18. The fourth-order valence-corrected chi connectivity index (χ4v) is 1.07. The molecule has 0 atom stereocenters. The van der Waals surface area contributed by atoms with Gasteiger partial charge >= 0.3 is 0 Å². The topological polar surface area (TPSA) is 175 Å². The average molecular weight is 238 g/mol. The van der Waals surface area contributed by atoms with Gasteiger partial charge in [0.15, 0.2) is 0 Å². The second-order valence-electron chi connectivity index (χ2n) is 3.11. The third kappa shape index (κ3) is 2.66. The molecule has 0 aliphatic carbocycles. The number of hydrazine groups is 2. The van der Waals surface area contributed by atoms with Gasteiger partial charge in [0.1, 0.15) is 0 Å². The van der Waals surface area contributed by atoms with Crippen molar-refractivity contribution in [3.63, 3.8) is 0 Å². The normalized spacial score (nSPS) is 11.0. The number of rotatable bonds is 1. The van der Waals surface area contributed by atoms with Crippen LogP contribution in [0.4, 0.5) is 11.4 Å². The molecule has 0 bridgehead atoms. The number of hydrogen-bond acceptors (Lipinski definition) is 6. The SMILES string of the molecule is NN=C(N)N(N)NC(=O)c1cccc(N)c1N. The molecule has 0 fully saturated rings. The number of nitrogens with zero attached hydrogens (tertiary/aromatic N) is 2. The third-order valence-electron chi connectivity index (χ3n) is 1.99. The quantitative estimate of drug-likeness (QED) is 0.106. The first-order valence-corrected chi connectivity index (χ1v) is 4.50. The van der Waals surface area contributed by atoms with Gasteiger partial charge in [-0.15, -0.1) is 5.10 Å². The molecular formula is C8H14N8O. The number of guanidine groups is 1. The van der Waals surface area contributed by atoms with E-state index >= 15 is 0 Å². The van der Waals surface area contributed by atoms with Crippen LogP contribution in [0.15, 0.2) is 23.3 Å². The Morgan fingerprint density at radius 1 is 1.35 bits per heavy atom. The molecule has 9 nitrogen and oxygen atoms in total. The molecule has 0 saturated carbocycles. The van der Waals surface area contributed by atoms with Gasteiger partial charge in [-0.1, -0.05) is 6.07 Å². The maximum Gasteiger partial charge on any atom is 0.273 e. The molecule has 1 rings (SSSR count). The first-order valence-electron chi connectivity index (χ1n) is 4.50. The molecule has 1 aromatic carbocycles. The van der Waals surface area contributed by atoms with Gasteiger partial charge in [0.2, 0.25) is 5.96 Å². The summed E-state index contributed by atoms with van der Waals surface area (Å²) in [5, 5.41) is 3.77. The van der Waals surface area contributed by atoms with Crippen molar-refractivity contribution in [1.82, 2.24) is 10.5 Å². The van der Waals surface area contributed by atoms with E-state index in [-0.39, 0.29) is 17.2 Å². The minimum atomic E-state index is -0.580. The van der Waals surface area contributed by atoms with Crippen molar-refractivity contribution in [2.24, 2.45) is 22.5 Å². The van der Waals surface area contributed by atoms with Crippen LogP contribution in [0.2, 0.25) is 0 Å². The molecule has 0 aromatic heterocycles. The Balaban J connectivity index is 2.88. The molecule has 0 radical (unpaired) electrons. The van der Waals surface area contributed by atoms with E-state index in [9.17, 15) is 4.79 Å². The molecule has 0 unspecified atom stereocenters. The van der Waals surface area contributed by atoms with Crippen molar-refractivity contribution < 1.29 is 4.79 Å².